The van der Waals surface area contributed by atoms with E-state index in [-0.39, 0.29) is 18.2 Å². The number of aliphatic hydroxyl groups excluding tert-OH is 1. The van der Waals surface area contributed by atoms with Crippen LogP contribution < -0.4 is 36.7 Å². The third kappa shape index (κ3) is 9.02. The van der Waals surface area contributed by atoms with E-state index in [1.165, 1.54) is 0 Å². The van der Waals surface area contributed by atoms with Crippen molar-refractivity contribution in [3.05, 3.63) is 44.2 Å². The van der Waals surface area contributed by atoms with Crippen LogP contribution in [-0.4, -0.2) is 57.8 Å². The predicted octanol–water partition coefficient (Wildman–Crippen LogP) is 2.78. The first-order valence-electron chi connectivity index (χ1n) is 13.1. The van der Waals surface area contributed by atoms with Gasteiger partial charge in [-0.2, -0.15) is 0 Å². The molecule has 208 valence electrons. The van der Waals surface area contributed by atoms with Gasteiger partial charge in [-0.05, 0) is 48.3 Å². The summed E-state index contributed by atoms with van der Waals surface area (Å²) >= 11 is 0. The summed E-state index contributed by atoms with van der Waals surface area (Å²) < 4.78 is 16.4. The summed E-state index contributed by atoms with van der Waals surface area (Å²) in [5, 5.41) is 16.7. The summed E-state index contributed by atoms with van der Waals surface area (Å²) in [6.45, 7) is 10.2. The highest BCUT2D eigenvalue weighted by Gasteiger charge is 2.25. The summed E-state index contributed by atoms with van der Waals surface area (Å²) in [5.41, 5.74) is 6.93. The Bertz CT molecular complexity index is 1030. The molecular formula is C28H45N3O6. The molecule has 0 amide bonds. The first-order valence-corrected chi connectivity index (χ1v) is 13.1. The fraction of sp³-hybridized carbons (Fsp3) is 0.643. The van der Waals surface area contributed by atoms with Crippen LogP contribution in [0.5, 0.6) is 11.5 Å². The normalized spacial score (nSPS) is 14.1. The second kappa shape index (κ2) is 15.0. The van der Waals surface area contributed by atoms with Crippen LogP contribution in [0.2, 0.25) is 0 Å². The number of hydrogen-bond acceptors (Lipinski definition) is 9. The van der Waals surface area contributed by atoms with Crippen LogP contribution in [0.25, 0.3) is 0 Å². The molecule has 2 rings (SSSR count). The molecule has 2 aromatic rings. The van der Waals surface area contributed by atoms with E-state index in [1.807, 2.05) is 32.0 Å². The third-order valence-electron chi connectivity index (χ3n) is 6.57. The Kier molecular flexibility index (Phi) is 12.4. The van der Waals surface area contributed by atoms with Crippen molar-refractivity contribution < 1.29 is 19.3 Å². The average molecular weight is 520 g/mol. The van der Waals surface area contributed by atoms with Gasteiger partial charge in [0.1, 0.15) is 11.4 Å². The van der Waals surface area contributed by atoms with E-state index in [1.54, 1.807) is 14.2 Å². The van der Waals surface area contributed by atoms with Crippen LogP contribution in [0.1, 0.15) is 46.1 Å². The fourth-order valence-electron chi connectivity index (χ4n) is 4.14. The second-order valence-electron chi connectivity index (χ2n) is 10.4. The van der Waals surface area contributed by atoms with Gasteiger partial charge in [-0.3, -0.25) is 9.59 Å². The smallest absolute Gasteiger partial charge is 0.253 e. The van der Waals surface area contributed by atoms with Crippen LogP contribution >= 0.6 is 0 Å². The summed E-state index contributed by atoms with van der Waals surface area (Å²) in [4.78, 5) is 23.9. The lowest BCUT2D eigenvalue weighted by molar-refractivity contribution is 0.137. The van der Waals surface area contributed by atoms with Gasteiger partial charge in [0.15, 0.2) is 11.5 Å². The molecule has 0 bridgehead atoms. The van der Waals surface area contributed by atoms with Crippen molar-refractivity contribution in [3.8, 4) is 11.5 Å². The molecule has 9 nitrogen and oxygen atoms in total. The van der Waals surface area contributed by atoms with E-state index < -0.39 is 23.0 Å². The molecular weight excluding hydrogens is 474 g/mol. The molecule has 0 spiro atoms. The van der Waals surface area contributed by atoms with Crippen molar-refractivity contribution in [1.82, 2.24) is 0 Å². The highest BCUT2D eigenvalue weighted by molar-refractivity contribution is 5.74. The van der Waals surface area contributed by atoms with Crippen molar-refractivity contribution in [2.24, 2.45) is 23.5 Å². The van der Waals surface area contributed by atoms with Crippen LogP contribution in [0, 0.1) is 17.8 Å². The van der Waals surface area contributed by atoms with Gasteiger partial charge in [0.25, 0.3) is 10.9 Å². The molecule has 0 unspecified atom stereocenters. The van der Waals surface area contributed by atoms with Crippen LogP contribution in [0.4, 0.5) is 11.4 Å². The molecule has 0 aliphatic carbocycles. The average Bonchev–Trinajstić information content (AvgIpc) is 2.87. The molecule has 2 aromatic carbocycles. The Morgan fingerprint density at radius 2 is 1.59 bits per heavy atom. The summed E-state index contributed by atoms with van der Waals surface area (Å²) in [7, 11) is 3.29. The van der Waals surface area contributed by atoms with Gasteiger partial charge in [0.05, 0.1) is 19.8 Å². The third-order valence-corrected chi connectivity index (χ3v) is 6.57. The van der Waals surface area contributed by atoms with Gasteiger partial charge in [0, 0.05) is 39.3 Å². The van der Waals surface area contributed by atoms with Crippen LogP contribution in [0.15, 0.2) is 27.8 Å². The van der Waals surface area contributed by atoms with Crippen molar-refractivity contribution in [2.45, 2.75) is 59.1 Å². The largest absolute Gasteiger partial charge is 0.493 e. The van der Waals surface area contributed by atoms with Gasteiger partial charge in [0.2, 0.25) is 0 Å². The molecule has 0 fully saturated rings. The molecule has 3 atom stereocenters. The summed E-state index contributed by atoms with van der Waals surface area (Å²) in [5.74, 6) is 2.25. The minimum Gasteiger partial charge on any atom is -0.493 e. The van der Waals surface area contributed by atoms with E-state index in [0.29, 0.717) is 55.2 Å². The Morgan fingerprint density at radius 3 is 2.16 bits per heavy atom. The monoisotopic (exact) mass is 519 g/mol. The number of hydrogen-bond donors (Lipinski definition) is 4. The van der Waals surface area contributed by atoms with Crippen molar-refractivity contribution in [1.29, 1.82) is 0 Å². The molecule has 0 radical (unpaired) electrons. The Balaban J connectivity index is 1.98. The van der Waals surface area contributed by atoms with Crippen molar-refractivity contribution >= 4 is 11.4 Å². The molecule has 0 aliphatic rings. The van der Waals surface area contributed by atoms with Gasteiger partial charge in [-0.25, -0.2) is 0 Å². The number of anilines is 2. The Hall–Kier alpha value is -2.62. The molecule has 0 saturated heterocycles. The first kappa shape index (κ1) is 30.6. The van der Waals surface area contributed by atoms with Crippen LogP contribution in [0.3, 0.4) is 0 Å². The fourth-order valence-corrected chi connectivity index (χ4v) is 4.14. The SMILES string of the molecule is COCCCOc1cc(C[C@@H](C[C@H](N)[C@@H](O)CNc2c(NCC(C)C)c(=O)c2=O)C(C)C)ccc1OC. The van der Waals surface area contributed by atoms with E-state index >= 15 is 0 Å². The number of nitrogens with two attached hydrogens (primary N) is 1. The first-order chi connectivity index (χ1) is 17.6. The number of rotatable bonds is 18. The van der Waals surface area contributed by atoms with Gasteiger partial charge < -0.3 is 35.7 Å². The molecule has 9 heteroatoms. The number of nitrogens with one attached hydrogen (secondary N) is 2. The summed E-state index contributed by atoms with van der Waals surface area (Å²) in [6, 6.07) is 5.44. The minimum absolute atomic E-state index is 0.0925. The maximum atomic E-state index is 12.0. The Morgan fingerprint density at radius 1 is 0.946 bits per heavy atom. The van der Waals surface area contributed by atoms with E-state index in [0.717, 1.165) is 18.4 Å². The molecule has 0 aliphatic heterocycles. The van der Waals surface area contributed by atoms with E-state index in [2.05, 4.69) is 24.5 Å². The van der Waals surface area contributed by atoms with Crippen molar-refractivity contribution in [2.75, 3.05) is 51.2 Å². The Labute approximate surface area is 220 Å². The molecule has 37 heavy (non-hydrogen) atoms. The zero-order valence-electron chi connectivity index (χ0n) is 23.1. The lowest BCUT2D eigenvalue weighted by Crippen LogP contribution is -2.44. The van der Waals surface area contributed by atoms with Gasteiger partial charge in [-0.1, -0.05) is 33.8 Å². The molecule has 0 heterocycles. The van der Waals surface area contributed by atoms with E-state index in [9.17, 15) is 14.7 Å². The maximum absolute atomic E-state index is 12.0. The lowest BCUT2D eigenvalue weighted by Gasteiger charge is -2.28. The minimum atomic E-state index is -0.876. The second-order valence-corrected chi connectivity index (χ2v) is 10.4. The van der Waals surface area contributed by atoms with Gasteiger partial charge in [-0.15, -0.1) is 0 Å². The topological polar surface area (TPSA) is 132 Å². The van der Waals surface area contributed by atoms with E-state index in [4.69, 9.17) is 19.9 Å². The van der Waals surface area contributed by atoms with Crippen LogP contribution in [-0.2, 0) is 11.2 Å². The standard InChI is InChI=1S/C28H45N3O6/c1-17(2)15-30-25-26(28(34)27(25)33)31-16-22(32)21(29)14-20(18(3)4)12-19-8-9-23(36-6)24(13-19)37-11-7-10-35-5/h8-9,13,17-18,20-22,30-32H,7,10-12,14-16,29H2,1-6H3/t20-,21-,22-/m0/s1. The molecule has 5 N–H and O–H groups in total. The number of methoxy groups -OCH3 is 2. The number of aliphatic hydroxyl groups is 1. The zero-order chi connectivity index (χ0) is 27.5. The lowest BCUT2D eigenvalue weighted by atomic mass is 9.83. The highest BCUT2D eigenvalue weighted by Crippen LogP contribution is 2.31. The summed E-state index contributed by atoms with van der Waals surface area (Å²) in [6.07, 6.45) is 1.27. The molecule has 0 aromatic heterocycles. The van der Waals surface area contributed by atoms with Crippen molar-refractivity contribution in [3.63, 3.8) is 0 Å². The number of benzene rings is 1. The highest BCUT2D eigenvalue weighted by atomic mass is 16.5. The quantitative estimate of drug-likeness (QED) is 0.173. The zero-order valence-corrected chi connectivity index (χ0v) is 23.1. The number of ether oxygens (including phenoxy) is 3. The molecule has 0 saturated carbocycles. The predicted molar refractivity (Wildman–Crippen MR) is 149 cm³/mol. The van der Waals surface area contributed by atoms with Gasteiger partial charge >= 0.3 is 0 Å². The maximum Gasteiger partial charge on any atom is 0.253 e.